The number of amides is 1. The average molecular weight is 653 g/mol. The normalized spacial score (nSPS) is 18.1. The minimum absolute atomic E-state index is 0.0249. The quantitative estimate of drug-likeness (QED) is 0.280. The molecular weight excluding hydrogens is 611 g/mol. The molecule has 1 amide bonds. The van der Waals surface area contributed by atoms with Gasteiger partial charge in [-0.25, -0.2) is 23.6 Å². The lowest BCUT2D eigenvalue weighted by atomic mass is 9.80. The van der Waals surface area contributed by atoms with Gasteiger partial charge in [0.1, 0.15) is 11.4 Å². The molecule has 1 unspecified atom stereocenters. The van der Waals surface area contributed by atoms with Crippen molar-refractivity contribution < 1.29 is 42.5 Å². The third-order valence-electron chi connectivity index (χ3n) is 7.44. The van der Waals surface area contributed by atoms with E-state index in [1.54, 1.807) is 58.6 Å². The lowest BCUT2D eigenvalue weighted by molar-refractivity contribution is -0.139. The molecule has 2 atom stereocenters. The topological polar surface area (TPSA) is 146 Å². The number of halogens is 1. The molecule has 0 saturated carbocycles. The highest BCUT2D eigenvalue weighted by Gasteiger charge is 2.45. The van der Waals surface area contributed by atoms with E-state index < -0.39 is 47.4 Å². The summed E-state index contributed by atoms with van der Waals surface area (Å²) in [7, 11) is 0. The number of benzene rings is 1. The van der Waals surface area contributed by atoms with Crippen LogP contribution >= 0.6 is 0 Å². The van der Waals surface area contributed by atoms with Gasteiger partial charge in [0.2, 0.25) is 0 Å². The number of nitrogens with zero attached hydrogens (tertiary/aromatic N) is 3. The number of likely N-dealkylation sites (tertiary alicyclic amines) is 1. The van der Waals surface area contributed by atoms with Gasteiger partial charge in [-0.2, -0.15) is 5.10 Å². The van der Waals surface area contributed by atoms with Crippen LogP contribution in [0.4, 0.5) is 9.18 Å². The van der Waals surface area contributed by atoms with Crippen LogP contribution in [-0.4, -0.2) is 77.1 Å². The number of aromatic nitrogens is 2. The first kappa shape index (κ1) is 35.1. The summed E-state index contributed by atoms with van der Waals surface area (Å²) in [6, 6.07) is 8.01. The highest BCUT2D eigenvalue weighted by Crippen LogP contribution is 2.42. The molecule has 0 spiro atoms. The summed E-state index contributed by atoms with van der Waals surface area (Å²) in [4.78, 5) is 55.1. The molecule has 252 valence electrons. The van der Waals surface area contributed by atoms with Crippen molar-refractivity contribution in [2.75, 3.05) is 26.4 Å². The number of esters is 3. The predicted molar refractivity (Wildman–Crippen MR) is 167 cm³/mol. The Kier molecular flexibility index (Phi) is 11.3. The second-order valence-corrected chi connectivity index (χ2v) is 11.9. The third kappa shape index (κ3) is 8.32. The van der Waals surface area contributed by atoms with Gasteiger partial charge >= 0.3 is 24.0 Å². The van der Waals surface area contributed by atoms with Gasteiger partial charge in [-0.3, -0.25) is 4.90 Å². The third-order valence-corrected chi connectivity index (χ3v) is 7.44. The van der Waals surface area contributed by atoms with E-state index in [9.17, 15) is 23.6 Å². The van der Waals surface area contributed by atoms with E-state index in [0.29, 0.717) is 36.3 Å². The lowest BCUT2D eigenvalue weighted by Gasteiger charge is -2.37. The van der Waals surface area contributed by atoms with E-state index in [1.165, 1.54) is 24.3 Å². The predicted octanol–water partition coefficient (Wildman–Crippen LogP) is 4.76. The van der Waals surface area contributed by atoms with Crippen LogP contribution in [0.5, 0.6) is 0 Å². The smallest absolute Gasteiger partial charge is 0.410 e. The van der Waals surface area contributed by atoms with Crippen molar-refractivity contribution in [1.82, 2.24) is 20.4 Å². The van der Waals surface area contributed by atoms with E-state index in [2.05, 4.69) is 15.5 Å². The number of carbonyl (C=O) groups is 4. The zero-order valence-electron chi connectivity index (χ0n) is 27.6. The van der Waals surface area contributed by atoms with Crippen LogP contribution in [0.3, 0.4) is 0 Å². The van der Waals surface area contributed by atoms with Crippen LogP contribution in [-0.2, 0) is 35.0 Å². The number of hydrogen-bond donors (Lipinski definition) is 1. The average Bonchev–Trinajstić information content (AvgIpc) is 3.51. The summed E-state index contributed by atoms with van der Waals surface area (Å²) in [5, 5.41) is 11.7. The molecule has 2 aliphatic heterocycles. The van der Waals surface area contributed by atoms with E-state index in [4.69, 9.17) is 18.9 Å². The first-order valence-electron chi connectivity index (χ1n) is 15.7. The summed E-state index contributed by atoms with van der Waals surface area (Å²) in [5.41, 5.74) is 0.764. The molecule has 1 N–H and O–H groups in total. The molecule has 0 aliphatic carbocycles. The van der Waals surface area contributed by atoms with Crippen molar-refractivity contribution in [3.63, 3.8) is 0 Å². The first-order valence-corrected chi connectivity index (χ1v) is 15.7. The second-order valence-electron chi connectivity index (χ2n) is 11.9. The van der Waals surface area contributed by atoms with Gasteiger partial charge in [-0.1, -0.05) is 12.1 Å². The Morgan fingerprint density at radius 2 is 1.49 bits per heavy atom. The summed E-state index contributed by atoms with van der Waals surface area (Å²) in [6.07, 6.45) is 0.639. The lowest BCUT2D eigenvalue weighted by Crippen LogP contribution is -2.46. The Balaban J connectivity index is 1.97. The Bertz CT molecular complexity index is 1550. The van der Waals surface area contributed by atoms with Gasteiger partial charge in [-0.15, -0.1) is 5.10 Å². The summed E-state index contributed by atoms with van der Waals surface area (Å²) >= 11 is 0. The zero-order valence-corrected chi connectivity index (χ0v) is 27.6. The van der Waals surface area contributed by atoms with E-state index >= 15 is 0 Å². The largest absolute Gasteiger partial charge is 0.463 e. The Morgan fingerprint density at radius 1 is 0.872 bits per heavy atom. The van der Waals surface area contributed by atoms with Crippen LogP contribution in [0.2, 0.25) is 0 Å². The van der Waals surface area contributed by atoms with Crippen LogP contribution in [0.25, 0.3) is 0 Å². The standard InChI is InChI=1S/C34H41FN4O8/c1-7-44-30(40)23-17-16-22(37-38-23)26-27(31(41)45-8-2)24(19-20-12-14-21(35)15-13-20)36-29(28(26)32(42)46-9-3)25-11-10-18-39(25)33(43)47-34(4,5)6/h12-17,25-26,36H,7-11,18-19H2,1-6H3/t25-,26?/m0/s1. The number of nitrogens with one attached hydrogen (secondary N) is 1. The van der Waals surface area contributed by atoms with Crippen molar-refractivity contribution in [3.8, 4) is 0 Å². The fourth-order valence-electron chi connectivity index (χ4n) is 5.58. The van der Waals surface area contributed by atoms with Crippen LogP contribution in [0.1, 0.15) is 82.0 Å². The SMILES string of the molecule is CCOC(=O)C1=C(Cc2ccc(F)cc2)NC([C@@H]2CCCN2C(=O)OC(C)(C)C)=C(C(=O)OCC)C1c1ccc(C(=O)OCC)nn1. The molecule has 12 nitrogen and oxygen atoms in total. The summed E-state index contributed by atoms with van der Waals surface area (Å²) < 4.78 is 35.6. The van der Waals surface area contributed by atoms with Crippen molar-refractivity contribution in [2.24, 2.45) is 0 Å². The fraction of sp³-hybridized carbons (Fsp3) is 0.471. The Hall–Kier alpha value is -4.81. The number of rotatable bonds is 10. The Morgan fingerprint density at radius 3 is 2.06 bits per heavy atom. The van der Waals surface area contributed by atoms with Gasteiger partial charge in [0, 0.05) is 24.4 Å². The maximum Gasteiger partial charge on any atom is 0.410 e. The molecule has 3 heterocycles. The molecule has 1 aromatic carbocycles. The van der Waals surface area contributed by atoms with Gasteiger partial charge in [0.05, 0.1) is 48.6 Å². The summed E-state index contributed by atoms with van der Waals surface area (Å²) in [6.45, 7) is 10.8. The minimum Gasteiger partial charge on any atom is -0.463 e. The second kappa shape index (κ2) is 15.2. The number of hydrogen-bond acceptors (Lipinski definition) is 11. The molecule has 2 aliphatic rings. The maximum absolute atomic E-state index is 13.9. The van der Waals surface area contributed by atoms with Gasteiger partial charge in [-0.05, 0) is 84.2 Å². The number of ether oxygens (including phenoxy) is 4. The number of allylic oxidation sites excluding steroid dienone is 1. The molecule has 2 aromatic rings. The molecule has 4 rings (SSSR count). The van der Waals surface area contributed by atoms with Gasteiger partial charge < -0.3 is 24.3 Å². The molecule has 0 bridgehead atoms. The van der Waals surface area contributed by atoms with E-state index in [-0.39, 0.29) is 48.8 Å². The molecule has 13 heteroatoms. The van der Waals surface area contributed by atoms with E-state index in [0.717, 1.165) is 0 Å². The van der Waals surface area contributed by atoms with Crippen LogP contribution < -0.4 is 5.32 Å². The van der Waals surface area contributed by atoms with Crippen LogP contribution in [0, 0.1) is 5.82 Å². The Labute approximate surface area is 273 Å². The first-order chi connectivity index (χ1) is 22.4. The summed E-state index contributed by atoms with van der Waals surface area (Å²) in [5.74, 6) is -3.76. The van der Waals surface area contributed by atoms with Crippen molar-refractivity contribution in [1.29, 1.82) is 0 Å². The molecular formula is C34H41FN4O8. The zero-order chi connectivity index (χ0) is 34.3. The molecule has 1 fully saturated rings. The minimum atomic E-state index is -1.18. The monoisotopic (exact) mass is 652 g/mol. The maximum atomic E-state index is 13.9. The van der Waals surface area contributed by atoms with Crippen molar-refractivity contribution in [3.05, 3.63) is 81.7 Å². The fourth-order valence-corrected chi connectivity index (χ4v) is 5.58. The molecule has 47 heavy (non-hydrogen) atoms. The number of carbonyl (C=O) groups excluding carboxylic acids is 4. The van der Waals surface area contributed by atoms with Crippen molar-refractivity contribution in [2.45, 2.75) is 78.4 Å². The molecule has 1 saturated heterocycles. The van der Waals surface area contributed by atoms with Gasteiger partial charge in [0.25, 0.3) is 0 Å². The number of dihydropyridines is 1. The molecule has 1 aromatic heterocycles. The van der Waals surface area contributed by atoms with E-state index in [1.807, 2.05) is 0 Å². The van der Waals surface area contributed by atoms with Crippen molar-refractivity contribution >= 4 is 24.0 Å². The molecule has 0 radical (unpaired) electrons. The van der Waals surface area contributed by atoms with Gasteiger partial charge in [0.15, 0.2) is 5.69 Å². The highest BCUT2D eigenvalue weighted by molar-refractivity contribution is 6.00. The van der Waals surface area contributed by atoms with Crippen LogP contribution in [0.15, 0.2) is 58.9 Å². The highest BCUT2D eigenvalue weighted by atomic mass is 19.1.